The van der Waals surface area contributed by atoms with Crippen LogP contribution in [0.1, 0.15) is 23.2 Å². The number of hydrogen-bond donors (Lipinski definition) is 8. The molecule has 2 rings (SSSR count). The van der Waals surface area contributed by atoms with Crippen LogP contribution in [0.15, 0.2) is 46.2 Å². The molecule has 34 heavy (non-hydrogen) atoms. The molecule has 0 saturated carbocycles. The predicted octanol–water partition coefficient (Wildman–Crippen LogP) is -0.278. The van der Waals surface area contributed by atoms with Crippen molar-refractivity contribution in [1.29, 1.82) is 0 Å². The first kappa shape index (κ1) is 27.0. The van der Waals surface area contributed by atoms with Gasteiger partial charge in [-0.1, -0.05) is 0 Å². The predicted molar refractivity (Wildman–Crippen MR) is 113 cm³/mol. The number of hydrogen-bond acceptors (Lipinski definition) is 10. The van der Waals surface area contributed by atoms with Gasteiger partial charge in [0.1, 0.15) is 23.6 Å². The van der Waals surface area contributed by atoms with Gasteiger partial charge in [-0.25, -0.2) is 0 Å². The van der Waals surface area contributed by atoms with Crippen LogP contribution in [-0.4, -0.2) is 71.4 Å². The van der Waals surface area contributed by atoms with Gasteiger partial charge in [0.05, 0.1) is 9.79 Å². The van der Waals surface area contributed by atoms with Crippen molar-refractivity contribution in [2.24, 2.45) is 0 Å². The lowest BCUT2D eigenvalue weighted by atomic mass is 10.1. The van der Waals surface area contributed by atoms with Crippen LogP contribution in [0.4, 0.5) is 0 Å². The van der Waals surface area contributed by atoms with Gasteiger partial charge in [0.15, 0.2) is 0 Å². The van der Waals surface area contributed by atoms with Crippen LogP contribution in [0.25, 0.3) is 0 Å². The molecule has 2 atom stereocenters. The summed E-state index contributed by atoms with van der Waals surface area (Å²) >= 11 is 0. The first-order chi connectivity index (χ1) is 15.6. The van der Waals surface area contributed by atoms with E-state index in [1.54, 1.807) is 0 Å². The summed E-state index contributed by atoms with van der Waals surface area (Å²) in [5.74, 6) is -4.24. The van der Waals surface area contributed by atoms with Gasteiger partial charge >= 0.3 is 11.9 Å². The van der Waals surface area contributed by atoms with Crippen LogP contribution >= 0.6 is 0 Å². The molecule has 2 aromatic rings. The molecule has 2 aromatic carbocycles. The third-order valence-electron chi connectivity index (χ3n) is 4.53. The highest BCUT2D eigenvalue weighted by atomic mass is 32.2. The highest BCUT2D eigenvalue weighted by Crippen LogP contribution is 2.29. The van der Waals surface area contributed by atoms with E-state index in [1.165, 1.54) is 0 Å². The van der Waals surface area contributed by atoms with E-state index in [2.05, 4.69) is 10.6 Å². The van der Waals surface area contributed by atoms with Crippen LogP contribution in [0.2, 0.25) is 0 Å². The number of phenols is 2. The maximum absolute atomic E-state index is 11.6. The van der Waals surface area contributed by atoms with Gasteiger partial charge in [0.2, 0.25) is 0 Å². The molecule has 0 radical (unpaired) electrons. The minimum absolute atomic E-state index is 0.269. The second-order valence-corrected chi connectivity index (χ2v) is 9.69. The Labute approximate surface area is 193 Å². The van der Waals surface area contributed by atoms with E-state index in [1.807, 2.05) is 0 Å². The van der Waals surface area contributed by atoms with Crippen molar-refractivity contribution in [3.05, 3.63) is 47.5 Å². The zero-order valence-corrected chi connectivity index (χ0v) is 18.6. The summed E-state index contributed by atoms with van der Waals surface area (Å²) in [7, 11) is -9.38. The van der Waals surface area contributed by atoms with Crippen LogP contribution in [0, 0.1) is 0 Å². The molecule has 0 aliphatic rings. The number of carboxylic acids is 2. The molecular formula is C18H20N2O12S2. The Hall–Kier alpha value is -3.28. The minimum Gasteiger partial charge on any atom is -0.508 e. The Morgan fingerprint density at radius 1 is 0.706 bits per heavy atom. The average Bonchev–Trinajstić information content (AvgIpc) is 2.70. The summed E-state index contributed by atoms with van der Waals surface area (Å²) in [6.45, 7) is -0.538. The van der Waals surface area contributed by atoms with E-state index < -0.39 is 76.7 Å². The van der Waals surface area contributed by atoms with Gasteiger partial charge in [-0.2, -0.15) is 16.8 Å². The lowest BCUT2D eigenvalue weighted by Gasteiger charge is -2.19. The highest BCUT2D eigenvalue weighted by molar-refractivity contribution is 7.86. The molecule has 0 spiro atoms. The van der Waals surface area contributed by atoms with Gasteiger partial charge in [0.25, 0.3) is 20.2 Å². The number of phenolic OH excluding ortho intramolecular Hbond substituents is 2. The summed E-state index contributed by atoms with van der Waals surface area (Å²) in [4.78, 5) is 21.9. The van der Waals surface area contributed by atoms with Gasteiger partial charge < -0.3 is 20.4 Å². The topological polar surface area (TPSA) is 248 Å². The third-order valence-corrected chi connectivity index (χ3v) is 6.23. The minimum atomic E-state index is -4.69. The molecule has 2 unspecified atom stereocenters. The monoisotopic (exact) mass is 520 g/mol. The summed E-state index contributed by atoms with van der Waals surface area (Å²) in [5.41, 5.74) is -0.785. The molecule has 0 bridgehead atoms. The zero-order valence-electron chi connectivity index (χ0n) is 17.0. The first-order valence-electron chi connectivity index (χ1n) is 9.16. The Morgan fingerprint density at radius 2 is 1.03 bits per heavy atom. The van der Waals surface area contributed by atoms with Crippen molar-refractivity contribution >= 4 is 32.2 Å². The summed E-state index contributed by atoms with van der Waals surface area (Å²) in [5, 5.41) is 43.7. The van der Waals surface area contributed by atoms with E-state index in [-0.39, 0.29) is 13.1 Å². The van der Waals surface area contributed by atoms with Crippen molar-refractivity contribution in [3.63, 3.8) is 0 Å². The second-order valence-electron chi connectivity index (χ2n) is 6.84. The van der Waals surface area contributed by atoms with E-state index in [4.69, 9.17) is 9.11 Å². The van der Waals surface area contributed by atoms with E-state index in [0.717, 1.165) is 36.4 Å². The van der Waals surface area contributed by atoms with E-state index in [0.29, 0.717) is 0 Å². The quantitative estimate of drug-likeness (QED) is 0.140. The fourth-order valence-corrected chi connectivity index (χ4v) is 3.97. The number of benzene rings is 2. The van der Waals surface area contributed by atoms with Gasteiger partial charge in [-0.3, -0.25) is 29.3 Å². The molecule has 8 N–H and O–H groups in total. The average molecular weight is 520 g/mol. The molecule has 0 aromatic heterocycles. The molecule has 0 aliphatic carbocycles. The maximum Gasteiger partial charge on any atom is 0.325 e. The summed E-state index contributed by atoms with van der Waals surface area (Å²) in [6, 6.07) is 1.65. The number of aliphatic carboxylic acids is 2. The molecule has 0 amide bonds. The first-order valence-corrected chi connectivity index (χ1v) is 12.0. The largest absolute Gasteiger partial charge is 0.508 e. The van der Waals surface area contributed by atoms with Crippen LogP contribution in [0.5, 0.6) is 11.5 Å². The van der Waals surface area contributed by atoms with Crippen molar-refractivity contribution in [1.82, 2.24) is 10.6 Å². The van der Waals surface area contributed by atoms with Crippen molar-refractivity contribution in [3.8, 4) is 11.5 Å². The molecule has 0 saturated heterocycles. The molecule has 0 fully saturated rings. The van der Waals surface area contributed by atoms with Gasteiger partial charge in [-0.05, 0) is 36.4 Å². The van der Waals surface area contributed by atoms with Crippen molar-refractivity contribution in [2.45, 2.75) is 21.9 Å². The lowest BCUT2D eigenvalue weighted by molar-refractivity contribution is -0.141. The number of nitrogens with one attached hydrogen (secondary N) is 2. The molecule has 186 valence electrons. The number of carboxylic acid groups (broad SMARTS) is 2. The Balaban J connectivity index is 2.20. The highest BCUT2D eigenvalue weighted by Gasteiger charge is 2.27. The Bertz CT molecular complexity index is 1210. The van der Waals surface area contributed by atoms with E-state index in [9.17, 15) is 46.9 Å². The van der Waals surface area contributed by atoms with Crippen LogP contribution in [0.3, 0.4) is 0 Å². The van der Waals surface area contributed by atoms with Gasteiger partial charge in [-0.15, -0.1) is 0 Å². The van der Waals surface area contributed by atoms with Gasteiger partial charge in [0, 0.05) is 24.2 Å². The second kappa shape index (κ2) is 10.3. The van der Waals surface area contributed by atoms with E-state index >= 15 is 0 Å². The molecule has 16 heteroatoms. The lowest BCUT2D eigenvalue weighted by Crippen LogP contribution is -2.37. The Morgan fingerprint density at radius 3 is 1.29 bits per heavy atom. The zero-order chi connectivity index (χ0) is 25.8. The third kappa shape index (κ3) is 6.62. The normalized spacial score (nSPS) is 13.8. The molecule has 14 nitrogen and oxygen atoms in total. The summed E-state index contributed by atoms with van der Waals surface area (Å²) < 4.78 is 63.5. The standard InChI is InChI=1S/C18H20N2O12S2/c21-13-3-1-9(33(27,28)29)7-11(13)15(17(23)24)19-5-6-20-16(18(25)26)12-8-10(34(30,31)32)2-4-14(12)22/h1-4,7-8,15-16,19-22H,5-6H2,(H,23,24)(H,25,26)(H,27,28,29)(H,30,31,32). The Kier molecular flexibility index (Phi) is 8.19. The fraction of sp³-hybridized carbons (Fsp3) is 0.222. The van der Waals surface area contributed by atoms with Crippen molar-refractivity contribution in [2.75, 3.05) is 13.1 Å². The number of aromatic hydroxyl groups is 2. The van der Waals surface area contributed by atoms with Crippen LogP contribution in [-0.2, 0) is 29.8 Å². The van der Waals surface area contributed by atoms with Crippen LogP contribution < -0.4 is 10.6 Å². The number of rotatable bonds is 11. The SMILES string of the molecule is O=C(O)C(NCCNC(C(=O)O)c1cc(S(=O)(=O)O)ccc1O)c1cc(S(=O)(=O)O)ccc1O. The molecule has 0 heterocycles. The maximum atomic E-state index is 11.6. The smallest absolute Gasteiger partial charge is 0.325 e. The molecule has 0 aliphatic heterocycles. The van der Waals surface area contributed by atoms with Crippen molar-refractivity contribution < 1.29 is 56.0 Å². The number of carbonyl (C=O) groups is 2. The fourth-order valence-electron chi connectivity index (χ4n) is 2.94. The molecular weight excluding hydrogens is 500 g/mol. The summed E-state index contributed by atoms with van der Waals surface area (Å²) in [6.07, 6.45) is 0.